The van der Waals surface area contributed by atoms with Gasteiger partial charge in [0.05, 0.1) is 10.5 Å². The molecule has 10 heteroatoms. The van der Waals surface area contributed by atoms with E-state index in [-0.39, 0.29) is 10.6 Å². The minimum absolute atomic E-state index is 0.137. The van der Waals surface area contributed by atoms with Gasteiger partial charge in [-0.3, -0.25) is 20.2 Å². The Labute approximate surface area is 164 Å². The number of carbonyl (C=O) groups is 3. The molecular weight excluding hydrogens is 390 g/mol. The van der Waals surface area contributed by atoms with Gasteiger partial charge < -0.3 is 10.1 Å². The number of benzene rings is 2. The molecule has 0 saturated carbocycles. The number of anilines is 1. The number of esters is 1. The van der Waals surface area contributed by atoms with Crippen LogP contribution in [0, 0.1) is 24.0 Å². The Balaban J connectivity index is 1.89. The van der Waals surface area contributed by atoms with Crippen LogP contribution in [0.5, 0.6) is 0 Å². The molecule has 0 aliphatic rings. The van der Waals surface area contributed by atoms with Gasteiger partial charge in [0.25, 0.3) is 11.6 Å². The molecule has 0 spiro atoms. The van der Waals surface area contributed by atoms with Crippen LogP contribution in [-0.2, 0) is 9.53 Å². The number of ether oxygens (including phenoxy) is 1. The number of nitro groups is 1. The SMILES string of the molecule is Cc1ccc(NC(=O)NC(=O)COC(=O)c2ccc(Cl)c([N+](=O)[O-])c2)c(C)c1. The second-order valence-corrected chi connectivity index (χ2v) is 6.23. The van der Waals surface area contributed by atoms with E-state index in [2.05, 4.69) is 5.32 Å². The monoisotopic (exact) mass is 405 g/mol. The summed E-state index contributed by atoms with van der Waals surface area (Å²) in [4.78, 5) is 45.6. The maximum atomic E-state index is 11.9. The van der Waals surface area contributed by atoms with E-state index in [4.69, 9.17) is 16.3 Å². The van der Waals surface area contributed by atoms with Crippen LogP contribution in [0.3, 0.4) is 0 Å². The van der Waals surface area contributed by atoms with Gasteiger partial charge in [0, 0.05) is 11.8 Å². The van der Waals surface area contributed by atoms with Crippen molar-refractivity contribution in [3.8, 4) is 0 Å². The minimum Gasteiger partial charge on any atom is -0.452 e. The number of urea groups is 1. The minimum atomic E-state index is -0.968. The number of rotatable bonds is 5. The number of nitro benzene ring substituents is 1. The molecule has 2 N–H and O–H groups in total. The average molecular weight is 406 g/mol. The Hall–Kier alpha value is -3.46. The highest BCUT2D eigenvalue weighted by molar-refractivity contribution is 6.32. The summed E-state index contributed by atoms with van der Waals surface area (Å²) >= 11 is 5.66. The van der Waals surface area contributed by atoms with Gasteiger partial charge in [-0.1, -0.05) is 29.3 Å². The molecule has 0 aliphatic carbocycles. The Morgan fingerprint density at radius 1 is 1.14 bits per heavy atom. The van der Waals surface area contributed by atoms with Crippen molar-refractivity contribution >= 4 is 40.9 Å². The van der Waals surface area contributed by atoms with E-state index >= 15 is 0 Å². The van der Waals surface area contributed by atoms with E-state index in [0.717, 1.165) is 17.2 Å². The first-order valence-corrected chi connectivity index (χ1v) is 8.34. The fourth-order valence-electron chi connectivity index (χ4n) is 2.26. The summed E-state index contributed by atoms with van der Waals surface area (Å²) < 4.78 is 4.76. The van der Waals surface area contributed by atoms with Gasteiger partial charge in [0.1, 0.15) is 5.02 Å². The second kappa shape index (κ2) is 8.96. The molecule has 9 nitrogen and oxygen atoms in total. The molecule has 0 heterocycles. The first-order valence-electron chi connectivity index (χ1n) is 7.96. The molecule has 0 radical (unpaired) electrons. The van der Waals surface area contributed by atoms with Crippen LogP contribution < -0.4 is 10.6 Å². The van der Waals surface area contributed by atoms with Gasteiger partial charge in [-0.05, 0) is 37.6 Å². The lowest BCUT2D eigenvalue weighted by molar-refractivity contribution is -0.384. The van der Waals surface area contributed by atoms with Crippen LogP contribution >= 0.6 is 11.6 Å². The van der Waals surface area contributed by atoms with Gasteiger partial charge in [-0.15, -0.1) is 0 Å². The number of hydrogen-bond acceptors (Lipinski definition) is 6. The number of aryl methyl sites for hydroxylation is 2. The number of nitrogens with one attached hydrogen (secondary N) is 2. The molecule has 146 valence electrons. The third kappa shape index (κ3) is 5.52. The normalized spacial score (nSPS) is 10.1. The second-order valence-electron chi connectivity index (χ2n) is 5.82. The predicted molar refractivity (Wildman–Crippen MR) is 101 cm³/mol. The van der Waals surface area contributed by atoms with Crippen molar-refractivity contribution in [2.45, 2.75) is 13.8 Å². The topological polar surface area (TPSA) is 128 Å². The standard InChI is InChI=1S/C18H16ClN3O6/c1-10-3-6-14(11(2)7-10)20-18(25)21-16(23)9-28-17(24)12-4-5-13(19)15(8-12)22(26)27/h3-8H,9H2,1-2H3,(H2,20,21,23,25). The number of halogens is 1. The molecule has 0 aliphatic heterocycles. The quantitative estimate of drug-likeness (QED) is 0.446. The third-order valence-corrected chi connectivity index (χ3v) is 3.92. The molecule has 0 aromatic heterocycles. The Morgan fingerprint density at radius 2 is 1.86 bits per heavy atom. The van der Waals surface area contributed by atoms with E-state index in [1.165, 1.54) is 12.1 Å². The number of nitrogens with zero attached hydrogens (tertiary/aromatic N) is 1. The highest BCUT2D eigenvalue weighted by atomic mass is 35.5. The van der Waals surface area contributed by atoms with Gasteiger partial charge in [-0.25, -0.2) is 9.59 Å². The van der Waals surface area contributed by atoms with E-state index < -0.39 is 35.1 Å². The van der Waals surface area contributed by atoms with Crippen LogP contribution in [0.1, 0.15) is 21.5 Å². The van der Waals surface area contributed by atoms with E-state index in [1.54, 1.807) is 19.1 Å². The summed E-state index contributed by atoms with van der Waals surface area (Å²) in [6.45, 7) is 2.97. The molecular formula is C18H16ClN3O6. The summed E-state index contributed by atoms with van der Waals surface area (Å²) in [5.74, 6) is -1.83. The molecule has 0 fully saturated rings. The first kappa shape index (κ1) is 20.8. The molecule has 2 aromatic carbocycles. The van der Waals surface area contributed by atoms with Crippen LogP contribution in [0.25, 0.3) is 0 Å². The van der Waals surface area contributed by atoms with Crippen molar-refractivity contribution in [3.05, 3.63) is 68.2 Å². The smallest absolute Gasteiger partial charge is 0.338 e. The van der Waals surface area contributed by atoms with Crippen LogP contribution in [-0.4, -0.2) is 29.4 Å². The highest BCUT2D eigenvalue weighted by Gasteiger charge is 2.18. The molecule has 3 amide bonds. The number of amides is 3. The van der Waals surface area contributed by atoms with Gasteiger partial charge in [0.15, 0.2) is 6.61 Å². The zero-order valence-corrected chi connectivity index (χ0v) is 15.7. The van der Waals surface area contributed by atoms with Crippen LogP contribution in [0.2, 0.25) is 5.02 Å². The van der Waals surface area contributed by atoms with Crippen LogP contribution in [0.15, 0.2) is 36.4 Å². The van der Waals surface area contributed by atoms with Crippen molar-refractivity contribution < 1.29 is 24.0 Å². The molecule has 0 unspecified atom stereocenters. The largest absolute Gasteiger partial charge is 0.452 e. The zero-order valence-electron chi connectivity index (χ0n) is 14.9. The van der Waals surface area contributed by atoms with Crippen molar-refractivity contribution in [3.63, 3.8) is 0 Å². The fraction of sp³-hybridized carbons (Fsp3) is 0.167. The van der Waals surface area contributed by atoms with Gasteiger partial charge in [0.2, 0.25) is 0 Å². The Morgan fingerprint density at radius 3 is 2.50 bits per heavy atom. The van der Waals surface area contributed by atoms with E-state index in [0.29, 0.717) is 5.69 Å². The van der Waals surface area contributed by atoms with Crippen molar-refractivity contribution in [2.75, 3.05) is 11.9 Å². The lowest BCUT2D eigenvalue weighted by atomic mass is 10.1. The molecule has 0 saturated heterocycles. The van der Waals surface area contributed by atoms with E-state index in [9.17, 15) is 24.5 Å². The van der Waals surface area contributed by atoms with Crippen molar-refractivity contribution in [1.82, 2.24) is 5.32 Å². The summed E-state index contributed by atoms with van der Waals surface area (Å²) in [6, 6.07) is 7.92. The van der Waals surface area contributed by atoms with Crippen molar-refractivity contribution in [1.29, 1.82) is 0 Å². The maximum Gasteiger partial charge on any atom is 0.338 e. The molecule has 2 rings (SSSR count). The number of hydrogen-bond donors (Lipinski definition) is 2. The van der Waals surface area contributed by atoms with E-state index in [1.807, 2.05) is 18.3 Å². The average Bonchev–Trinajstić information content (AvgIpc) is 2.62. The predicted octanol–water partition coefficient (Wildman–Crippen LogP) is 3.37. The Bertz CT molecular complexity index is 960. The molecule has 0 atom stereocenters. The maximum absolute atomic E-state index is 11.9. The van der Waals surface area contributed by atoms with Gasteiger partial charge >= 0.3 is 12.0 Å². The lowest BCUT2D eigenvalue weighted by Crippen LogP contribution is -2.37. The third-order valence-electron chi connectivity index (χ3n) is 3.60. The van der Waals surface area contributed by atoms with Gasteiger partial charge in [-0.2, -0.15) is 0 Å². The number of carbonyl (C=O) groups excluding carboxylic acids is 3. The molecule has 0 bridgehead atoms. The van der Waals surface area contributed by atoms with Crippen LogP contribution in [0.4, 0.5) is 16.2 Å². The highest BCUT2D eigenvalue weighted by Crippen LogP contribution is 2.25. The summed E-state index contributed by atoms with van der Waals surface area (Å²) in [6.07, 6.45) is 0. The summed E-state index contributed by atoms with van der Waals surface area (Å²) in [7, 11) is 0. The summed E-state index contributed by atoms with van der Waals surface area (Å²) in [5.41, 5.74) is 1.76. The fourth-order valence-corrected chi connectivity index (χ4v) is 2.45. The zero-order chi connectivity index (χ0) is 20.8. The van der Waals surface area contributed by atoms with Crippen molar-refractivity contribution in [2.24, 2.45) is 0 Å². The Kier molecular flexibility index (Phi) is 6.67. The molecule has 28 heavy (non-hydrogen) atoms. The molecule has 2 aromatic rings. The first-order chi connectivity index (χ1) is 13.2. The lowest BCUT2D eigenvalue weighted by Gasteiger charge is -2.10. The summed E-state index contributed by atoms with van der Waals surface area (Å²) in [5, 5.41) is 15.2. The number of imide groups is 1.